The van der Waals surface area contributed by atoms with Gasteiger partial charge >= 0.3 is 0 Å². The fourth-order valence-corrected chi connectivity index (χ4v) is 3.31. The summed E-state index contributed by atoms with van der Waals surface area (Å²) in [6, 6.07) is 10.6. The molecular formula is C19H16BrClFN3O2. The number of carbonyl (C=O) groups is 1. The van der Waals surface area contributed by atoms with Crippen molar-refractivity contribution in [1.29, 1.82) is 0 Å². The average Bonchev–Trinajstić information content (AvgIpc) is 3.05. The van der Waals surface area contributed by atoms with Crippen LogP contribution in [-0.4, -0.2) is 22.1 Å². The Bertz CT molecular complexity index is 964. The van der Waals surface area contributed by atoms with Crippen molar-refractivity contribution in [3.05, 3.63) is 81.6 Å². The molecule has 0 spiro atoms. The van der Waals surface area contributed by atoms with E-state index in [0.717, 1.165) is 4.47 Å². The number of ether oxygens (including phenoxy) is 1. The number of imidazole rings is 1. The zero-order valence-corrected chi connectivity index (χ0v) is 16.7. The standard InChI is InChI=1S/C19H16BrClFN3O2/c1-25-9-8-23-19(25)18(13-4-2-3-5-15(13)22)24-17(26)11-27-16-7-6-12(20)10-14(16)21/h2-10,18H,11H2,1H3,(H,24,26)/t18-/m0/s1. The summed E-state index contributed by atoms with van der Waals surface area (Å²) in [7, 11) is 1.78. The van der Waals surface area contributed by atoms with Gasteiger partial charge in [-0.3, -0.25) is 4.79 Å². The average molecular weight is 453 g/mol. The Morgan fingerprint density at radius 1 is 1.37 bits per heavy atom. The van der Waals surface area contributed by atoms with Crippen molar-refractivity contribution < 1.29 is 13.9 Å². The molecule has 2 aromatic carbocycles. The topological polar surface area (TPSA) is 56.2 Å². The first-order valence-electron chi connectivity index (χ1n) is 8.04. The van der Waals surface area contributed by atoms with Gasteiger partial charge in [0.15, 0.2) is 6.61 Å². The molecule has 1 atom stereocenters. The maximum Gasteiger partial charge on any atom is 0.258 e. The molecule has 27 heavy (non-hydrogen) atoms. The first-order valence-corrected chi connectivity index (χ1v) is 9.21. The van der Waals surface area contributed by atoms with Crippen LogP contribution in [0.1, 0.15) is 17.4 Å². The van der Waals surface area contributed by atoms with Gasteiger partial charge in [-0.25, -0.2) is 9.37 Å². The van der Waals surface area contributed by atoms with Crippen LogP contribution in [0.15, 0.2) is 59.3 Å². The van der Waals surface area contributed by atoms with Crippen molar-refractivity contribution >= 4 is 33.4 Å². The number of carbonyl (C=O) groups excluding carboxylic acids is 1. The smallest absolute Gasteiger partial charge is 0.258 e. The van der Waals surface area contributed by atoms with Crippen LogP contribution >= 0.6 is 27.5 Å². The number of amides is 1. The van der Waals surface area contributed by atoms with Crippen LogP contribution in [-0.2, 0) is 11.8 Å². The Labute approximate surface area is 169 Å². The van der Waals surface area contributed by atoms with Gasteiger partial charge in [0.1, 0.15) is 23.4 Å². The summed E-state index contributed by atoms with van der Waals surface area (Å²) < 4.78 is 22.3. The number of aryl methyl sites for hydroxylation is 1. The quantitative estimate of drug-likeness (QED) is 0.608. The van der Waals surface area contributed by atoms with Gasteiger partial charge in [-0.1, -0.05) is 45.7 Å². The van der Waals surface area contributed by atoms with Crippen LogP contribution in [0.4, 0.5) is 4.39 Å². The Balaban J connectivity index is 1.77. The fraction of sp³-hybridized carbons (Fsp3) is 0.158. The summed E-state index contributed by atoms with van der Waals surface area (Å²) in [5, 5.41) is 3.16. The highest BCUT2D eigenvalue weighted by molar-refractivity contribution is 9.10. The van der Waals surface area contributed by atoms with Crippen molar-refractivity contribution in [2.75, 3.05) is 6.61 Å². The number of aromatic nitrogens is 2. The minimum Gasteiger partial charge on any atom is -0.482 e. The van der Waals surface area contributed by atoms with E-state index in [4.69, 9.17) is 16.3 Å². The molecule has 3 rings (SSSR count). The van der Waals surface area contributed by atoms with Gasteiger partial charge in [0.2, 0.25) is 0 Å². The maximum atomic E-state index is 14.3. The third-order valence-corrected chi connectivity index (χ3v) is 4.68. The van der Waals surface area contributed by atoms with Gasteiger partial charge < -0.3 is 14.6 Å². The third-order valence-electron chi connectivity index (χ3n) is 3.89. The molecule has 5 nitrogen and oxygen atoms in total. The van der Waals surface area contributed by atoms with Crippen molar-refractivity contribution in [1.82, 2.24) is 14.9 Å². The van der Waals surface area contributed by atoms with Crippen molar-refractivity contribution in [3.63, 3.8) is 0 Å². The highest BCUT2D eigenvalue weighted by Gasteiger charge is 2.23. The zero-order valence-electron chi connectivity index (χ0n) is 14.3. The van der Waals surface area contributed by atoms with E-state index >= 15 is 0 Å². The van der Waals surface area contributed by atoms with E-state index in [1.165, 1.54) is 6.07 Å². The van der Waals surface area contributed by atoms with E-state index in [1.54, 1.807) is 60.4 Å². The molecule has 0 bridgehead atoms. The minimum absolute atomic E-state index is 0.267. The first-order chi connectivity index (χ1) is 13.0. The second kappa shape index (κ2) is 8.54. The molecule has 0 unspecified atom stereocenters. The molecule has 0 aliphatic carbocycles. The SMILES string of the molecule is Cn1ccnc1[C@@H](NC(=O)COc1ccc(Br)cc1Cl)c1ccccc1F. The largest absolute Gasteiger partial charge is 0.482 e. The lowest BCUT2D eigenvalue weighted by Crippen LogP contribution is -2.35. The number of hydrogen-bond donors (Lipinski definition) is 1. The molecule has 0 radical (unpaired) electrons. The zero-order chi connectivity index (χ0) is 19.4. The van der Waals surface area contributed by atoms with E-state index < -0.39 is 17.8 Å². The number of halogens is 3. The molecule has 3 aromatic rings. The van der Waals surface area contributed by atoms with Crippen LogP contribution in [0.2, 0.25) is 5.02 Å². The normalized spacial score (nSPS) is 11.9. The summed E-state index contributed by atoms with van der Waals surface area (Å²) in [4.78, 5) is 16.7. The van der Waals surface area contributed by atoms with Gasteiger partial charge in [0.25, 0.3) is 5.91 Å². The van der Waals surface area contributed by atoms with E-state index in [-0.39, 0.29) is 6.61 Å². The van der Waals surface area contributed by atoms with Gasteiger partial charge in [0, 0.05) is 29.5 Å². The number of nitrogens with zero attached hydrogens (tertiary/aromatic N) is 2. The van der Waals surface area contributed by atoms with E-state index in [1.807, 2.05) is 0 Å². The molecule has 1 heterocycles. The van der Waals surface area contributed by atoms with E-state index in [2.05, 4.69) is 26.2 Å². The van der Waals surface area contributed by atoms with Crippen LogP contribution < -0.4 is 10.1 Å². The second-order valence-corrected chi connectivity index (χ2v) is 7.10. The highest BCUT2D eigenvalue weighted by Crippen LogP contribution is 2.28. The molecule has 1 N–H and O–H groups in total. The van der Waals surface area contributed by atoms with Crippen LogP contribution in [0.3, 0.4) is 0 Å². The van der Waals surface area contributed by atoms with E-state index in [0.29, 0.717) is 22.2 Å². The number of benzene rings is 2. The lowest BCUT2D eigenvalue weighted by Gasteiger charge is -2.20. The summed E-state index contributed by atoms with van der Waals surface area (Å²) in [5.41, 5.74) is 0.321. The number of hydrogen-bond acceptors (Lipinski definition) is 3. The van der Waals surface area contributed by atoms with Crippen molar-refractivity contribution in [3.8, 4) is 5.75 Å². The Kier molecular flexibility index (Phi) is 6.13. The molecule has 0 saturated carbocycles. The molecular weight excluding hydrogens is 437 g/mol. The van der Waals surface area contributed by atoms with Crippen molar-refractivity contribution in [2.24, 2.45) is 7.05 Å². The summed E-state index contributed by atoms with van der Waals surface area (Å²) >= 11 is 9.39. The first kappa shape index (κ1) is 19.4. The van der Waals surface area contributed by atoms with E-state index in [9.17, 15) is 9.18 Å². The highest BCUT2D eigenvalue weighted by atomic mass is 79.9. The van der Waals surface area contributed by atoms with Gasteiger partial charge in [-0.05, 0) is 24.3 Å². The van der Waals surface area contributed by atoms with Crippen LogP contribution in [0.5, 0.6) is 5.75 Å². The Morgan fingerprint density at radius 2 is 2.15 bits per heavy atom. The lowest BCUT2D eigenvalue weighted by molar-refractivity contribution is -0.123. The summed E-state index contributed by atoms with van der Waals surface area (Å²) in [6.07, 6.45) is 3.32. The number of nitrogens with one attached hydrogen (secondary N) is 1. The van der Waals surface area contributed by atoms with Gasteiger partial charge in [-0.2, -0.15) is 0 Å². The lowest BCUT2D eigenvalue weighted by atomic mass is 10.1. The van der Waals surface area contributed by atoms with Gasteiger partial charge in [0.05, 0.1) is 5.02 Å². The number of rotatable bonds is 6. The molecule has 0 fully saturated rings. The summed E-state index contributed by atoms with van der Waals surface area (Å²) in [6.45, 7) is -0.267. The molecule has 0 aliphatic heterocycles. The third kappa shape index (κ3) is 4.67. The molecule has 1 amide bonds. The summed E-state index contributed by atoms with van der Waals surface area (Å²) in [5.74, 6) is 0.0393. The minimum atomic E-state index is -0.748. The Hall–Kier alpha value is -2.38. The van der Waals surface area contributed by atoms with Crippen molar-refractivity contribution in [2.45, 2.75) is 6.04 Å². The predicted octanol–water partition coefficient (Wildman–Crippen LogP) is 4.26. The predicted molar refractivity (Wildman–Crippen MR) is 104 cm³/mol. The van der Waals surface area contributed by atoms with Crippen LogP contribution in [0, 0.1) is 5.82 Å². The molecule has 140 valence electrons. The van der Waals surface area contributed by atoms with Crippen LogP contribution in [0.25, 0.3) is 0 Å². The molecule has 0 aliphatic rings. The molecule has 1 aromatic heterocycles. The monoisotopic (exact) mass is 451 g/mol. The fourth-order valence-electron chi connectivity index (χ4n) is 2.58. The maximum absolute atomic E-state index is 14.3. The van der Waals surface area contributed by atoms with Gasteiger partial charge in [-0.15, -0.1) is 0 Å². The molecule has 8 heteroatoms. The Morgan fingerprint density at radius 3 is 2.81 bits per heavy atom. The second-order valence-electron chi connectivity index (χ2n) is 5.78. The molecule has 0 saturated heterocycles.